The SMILES string of the molecule is CCN=c1ccc2c(-c3c(Cl)cc(C(=O)NCc4ccc(C(=O)NCc5c(O)ccc6c(-c7ccc(C(=O)O)cc7C(=O)O)c7ccc(=O)cc-7oc56)cc4)c(Cl)c3C(=O)O)c3ccc(N(C)C)cc3oc-2c1. The molecule has 0 radical (unpaired) electrons. The van der Waals surface area contributed by atoms with Gasteiger partial charge in [-0.05, 0) is 96.9 Å². The molecule has 18 heteroatoms. The van der Waals surface area contributed by atoms with Crippen molar-refractivity contribution < 1.29 is 53.2 Å². The smallest absolute Gasteiger partial charge is 0.337 e. The Morgan fingerprint density at radius 3 is 2.00 bits per heavy atom. The zero-order chi connectivity index (χ0) is 52.0. The number of anilines is 1. The van der Waals surface area contributed by atoms with Crippen LogP contribution in [0.15, 0.2) is 134 Å². The maximum absolute atomic E-state index is 13.8. The number of nitrogens with zero attached hydrogens (tertiary/aromatic N) is 2. The van der Waals surface area contributed by atoms with Gasteiger partial charge in [0.1, 0.15) is 28.4 Å². The van der Waals surface area contributed by atoms with Gasteiger partial charge >= 0.3 is 17.9 Å². The third-order valence-corrected chi connectivity index (χ3v) is 13.0. The van der Waals surface area contributed by atoms with Crippen molar-refractivity contribution >= 4 is 80.6 Å². The van der Waals surface area contributed by atoms with Crippen LogP contribution in [-0.4, -0.2) is 70.8 Å². The summed E-state index contributed by atoms with van der Waals surface area (Å²) in [6, 6.07) is 28.7. The first-order valence-electron chi connectivity index (χ1n) is 22.4. The summed E-state index contributed by atoms with van der Waals surface area (Å²) in [4.78, 5) is 83.6. The first-order valence-corrected chi connectivity index (χ1v) is 23.1. The quantitative estimate of drug-likeness (QED) is 0.0589. The van der Waals surface area contributed by atoms with Crippen LogP contribution in [0.4, 0.5) is 5.69 Å². The highest BCUT2D eigenvalue weighted by Crippen LogP contribution is 2.48. The molecule has 2 amide bonds. The number of benzene rings is 7. The lowest BCUT2D eigenvalue weighted by Gasteiger charge is -2.21. The highest BCUT2D eigenvalue weighted by molar-refractivity contribution is 6.41. The van der Waals surface area contributed by atoms with Gasteiger partial charge in [0.2, 0.25) is 0 Å². The summed E-state index contributed by atoms with van der Waals surface area (Å²) in [5, 5.41) is 48.1. The number of fused-ring (bicyclic) bond motifs is 4. The molecule has 0 fully saturated rings. The number of hydrogen-bond donors (Lipinski definition) is 6. The summed E-state index contributed by atoms with van der Waals surface area (Å²) < 4.78 is 12.5. The molecule has 73 heavy (non-hydrogen) atoms. The van der Waals surface area contributed by atoms with Crippen molar-refractivity contribution in [1.29, 1.82) is 0 Å². The Kier molecular flexibility index (Phi) is 13.2. The molecule has 16 nitrogen and oxygen atoms in total. The third-order valence-electron chi connectivity index (χ3n) is 12.3. The Bertz CT molecular complexity index is 3860. The van der Waals surface area contributed by atoms with Crippen LogP contribution >= 0.6 is 23.2 Å². The molecule has 0 aromatic heterocycles. The van der Waals surface area contributed by atoms with Gasteiger partial charge in [0, 0.05) is 95.2 Å². The molecule has 0 bridgehead atoms. The number of halogens is 2. The normalized spacial score (nSPS) is 11.6. The molecule has 2 aliphatic carbocycles. The Balaban J connectivity index is 0.971. The molecule has 5 aromatic rings. The van der Waals surface area contributed by atoms with Crippen molar-refractivity contribution in [3.63, 3.8) is 0 Å². The fourth-order valence-electron chi connectivity index (χ4n) is 8.77. The average molecular weight is 1020 g/mol. The fraction of sp³-hybridized carbons (Fsp3) is 0.109. The third kappa shape index (κ3) is 9.28. The topological polar surface area (TPSA) is 249 Å². The summed E-state index contributed by atoms with van der Waals surface area (Å²) in [5.41, 5.74) is 2.37. The lowest BCUT2D eigenvalue weighted by Crippen LogP contribution is -2.24. The number of carbonyl (C=O) groups excluding carboxylic acids is 2. The lowest BCUT2D eigenvalue weighted by atomic mass is 9.89. The van der Waals surface area contributed by atoms with E-state index in [1.54, 1.807) is 30.3 Å². The monoisotopic (exact) mass is 1020 g/mol. The number of hydrogen-bond acceptors (Lipinski definition) is 11. The van der Waals surface area contributed by atoms with Crippen molar-refractivity contribution in [3.05, 3.63) is 180 Å². The van der Waals surface area contributed by atoms with Crippen LogP contribution in [0.5, 0.6) is 5.75 Å². The largest absolute Gasteiger partial charge is 0.507 e. The van der Waals surface area contributed by atoms with E-state index in [-0.39, 0.29) is 84.7 Å². The van der Waals surface area contributed by atoms with Gasteiger partial charge in [0.25, 0.3) is 11.8 Å². The van der Waals surface area contributed by atoms with Crippen molar-refractivity contribution in [2.24, 2.45) is 4.99 Å². The second kappa shape index (κ2) is 19.7. The van der Waals surface area contributed by atoms with Crippen molar-refractivity contribution in [2.45, 2.75) is 20.0 Å². The van der Waals surface area contributed by atoms with Gasteiger partial charge < -0.3 is 44.8 Å². The van der Waals surface area contributed by atoms with E-state index < -0.39 is 40.7 Å². The first-order chi connectivity index (χ1) is 34.9. The van der Waals surface area contributed by atoms with Crippen molar-refractivity contribution in [1.82, 2.24) is 10.6 Å². The number of carboxylic acid groups (broad SMARTS) is 3. The zero-order valence-corrected chi connectivity index (χ0v) is 40.3. The fourth-order valence-corrected chi connectivity index (χ4v) is 9.38. The lowest BCUT2D eigenvalue weighted by molar-refractivity contribution is 0.0682. The van der Waals surface area contributed by atoms with E-state index in [1.165, 1.54) is 60.7 Å². The highest BCUT2D eigenvalue weighted by Gasteiger charge is 2.30. The number of carbonyl (C=O) groups is 5. The number of phenolic OH excluding ortho intramolecular Hbond substituents is 1. The molecule has 2 aliphatic heterocycles. The number of amides is 2. The van der Waals surface area contributed by atoms with E-state index in [0.717, 1.165) is 11.8 Å². The molecule has 0 unspecified atom stereocenters. The molecular weight excluding hydrogens is 980 g/mol. The van der Waals surface area contributed by atoms with Crippen LogP contribution in [0, 0.1) is 0 Å². The second-order valence-electron chi connectivity index (χ2n) is 17.0. The minimum absolute atomic E-state index is 0.0268. The van der Waals surface area contributed by atoms with Gasteiger partial charge in [-0.1, -0.05) is 41.4 Å². The Hall–Kier alpha value is -8.99. The predicted octanol–water partition coefficient (Wildman–Crippen LogP) is 10.0. The van der Waals surface area contributed by atoms with Gasteiger partial charge in [-0.2, -0.15) is 0 Å². The van der Waals surface area contributed by atoms with Crippen LogP contribution in [0.25, 0.3) is 66.8 Å². The summed E-state index contributed by atoms with van der Waals surface area (Å²) in [7, 11) is 3.76. The predicted molar refractivity (Wildman–Crippen MR) is 275 cm³/mol. The van der Waals surface area contributed by atoms with E-state index >= 15 is 0 Å². The molecule has 0 atom stereocenters. The molecule has 366 valence electrons. The zero-order valence-electron chi connectivity index (χ0n) is 38.8. The number of aromatic hydroxyl groups is 1. The highest BCUT2D eigenvalue weighted by atomic mass is 35.5. The molecule has 6 N–H and O–H groups in total. The van der Waals surface area contributed by atoms with Gasteiger partial charge in [-0.3, -0.25) is 19.4 Å². The van der Waals surface area contributed by atoms with Crippen LogP contribution in [0.2, 0.25) is 10.0 Å². The van der Waals surface area contributed by atoms with Crippen LogP contribution < -0.4 is 26.3 Å². The van der Waals surface area contributed by atoms with Crippen LogP contribution in [-0.2, 0) is 13.1 Å². The van der Waals surface area contributed by atoms with E-state index in [0.29, 0.717) is 56.3 Å². The number of carboxylic acids is 3. The van der Waals surface area contributed by atoms with E-state index in [4.69, 9.17) is 32.0 Å². The standard InChI is InChI=1S/C55H40Cl2N4O12/c1-4-58-29-10-14-34-42(20-29)72-43-21-30(61(2)3)11-15-35(43)46(34)47-40(56)23-38(49(57)48(47)55(70)71)52(65)59-24-26-5-7-27(8-6-26)51(64)60-25-39-41(63)18-17-36-45(33-16-12-31(62)22-44(33)73-50(36)39)32-13-9-28(53(66)67)19-37(32)54(68)69/h5-23,63H,4,24-25H2,1-3H3,(H,59,65)(H,60,64)(H,66,67)(H,68,69)(H,70,71). The average Bonchev–Trinajstić information content (AvgIpc) is 3.36. The Labute approximate surface area is 423 Å². The molecule has 5 aromatic carbocycles. The molecular formula is C55H40Cl2N4O12. The number of aromatic carboxylic acids is 3. The van der Waals surface area contributed by atoms with Crippen molar-refractivity contribution in [3.8, 4) is 50.7 Å². The molecule has 0 spiro atoms. The minimum atomic E-state index is -1.42. The van der Waals surface area contributed by atoms with Gasteiger partial charge in [0.05, 0.1) is 49.8 Å². The van der Waals surface area contributed by atoms with Crippen molar-refractivity contribution in [2.75, 3.05) is 25.5 Å². The number of nitrogens with one attached hydrogen (secondary N) is 2. The molecule has 9 rings (SSSR count). The van der Waals surface area contributed by atoms with E-state index in [9.17, 15) is 49.2 Å². The van der Waals surface area contributed by atoms with Crippen LogP contribution in [0.3, 0.4) is 0 Å². The Morgan fingerprint density at radius 2 is 1.30 bits per heavy atom. The summed E-state index contributed by atoms with van der Waals surface area (Å²) in [6.45, 7) is 2.07. The first kappa shape index (κ1) is 49.0. The summed E-state index contributed by atoms with van der Waals surface area (Å²) >= 11 is 13.8. The van der Waals surface area contributed by atoms with Gasteiger partial charge in [0.15, 0.2) is 5.43 Å². The molecule has 4 aliphatic rings. The summed E-state index contributed by atoms with van der Waals surface area (Å²) in [6.07, 6.45) is 0. The molecule has 2 heterocycles. The van der Waals surface area contributed by atoms with Gasteiger partial charge in [-0.25, -0.2) is 14.4 Å². The number of rotatable bonds is 13. The molecule has 0 saturated heterocycles. The Morgan fingerprint density at radius 1 is 0.630 bits per heavy atom. The van der Waals surface area contributed by atoms with E-state index in [1.807, 2.05) is 44.1 Å². The summed E-state index contributed by atoms with van der Waals surface area (Å²) in [5.74, 6) is -5.27. The van der Waals surface area contributed by atoms with E-state index in [2.05, 4.69) is 15.6 Å². The molecule has 0 saturated carbocycles. The maximum atomic E-state index is 13.8. The second-order valence-corrected chi connectivity index (χ2v) is 17.8. The van der Waals surface area contributed by atoms with Gasteiger partial charge in [-0.15, -0.1) is 0 Å². The van der Waals surface area contributed by atoms with Crippen LogP contribution in [0.1, 0.15) is 69.8 Å². The maximum Gasteiger partial charge on any atom is 0.337 e. The minimum Gasteiger partial charge on any atom is -0.507 e. The number of phenols is 1.